The summed E-state index contributed by atoms with van der Waals surface area (Å²) < 4.78 is 0. The van der Waals surface area contributed by atoms with Crippen molar-refractivity contribution in [2.75, 3.05) is 31.1 Å². The van der Waals surface area contributed by atoms with E-state index in [-0.39, 0.29) is 5.91 Å². The van der Waals surface area contributed by atoms with E-state index in [0.717, 1.165) is 49.3 Å². The molecule has 22 heavy (non-hydrogen) atoms. The molecule has 116 valence electrons. The molecule has 0 spiro atoms. The maximum absolute atomic E-state index is 11.9. The highest BCUT2D eigenvalue weighted by Crippen LogP contribution is 2.26. The Balaban J connectivity index is 1.87. The van der Waals surface area contributed by atoms with Crippen LogP contribution in [-0.4, -0.2) is 47.0 Å². The van der Waals surface area contributed by atoms with Crippen LogP contribution in [0.25, 0.3) is 10.9 Å². The smallest absolute Gasteiger partial charge is 0.222 e. The average molecular weight is 319 g/mol. The fourth-order valence-corrected chi connectivity index (χ4v) is 3.04. The topological polar surface area (TPSA) is 49.3 Å². The van der Waals surface area contributed by atoms with Gasteiger partial charge in [0.05, 0.1) is 5.52 Å². The first kappa shape index (κ1) is 15.0. The van der Waals surface area contributed by atoms with Gasteiger partial charge in [0.2, 0.25) is 5.91 Å². The lowest BCUT2D eigenvalue weighted by Crippen LogP contribution is -2.35. The second-order valence-electron chi connectivity index (χ2n) is 5.43. The zero-order chi connectivity index (χ0) is 15.5. The summed E-state index contributed by atoms with van der Waals surface area (Å²) in [6.07, 6.45) is 3.09. The molecule has 0 unspecified atom stereocenters. The van der Waals surface area contributed by atoms with E-state index in [1.54, 1.807) is 6.33 Å². The molecule has 0 bridgehead atoms. The van der Waals surface area contributed by atoms with Gasteiger partial charge in [0.15, 0.2) is 0 Å². The second-order valence-corrected chi connectivity index (χ2v) is 5.87. The first-order valence-corrected chi connectivity index (χ1v) is 8.00. The van der Waals surface area contributed by atoms with Gasteiger partial charge in [-0.15, -0.1) is 0 Å². The molecule has 1 fully saturated rings. The SMILES string of the molecule is CCC(=O)N1CCCN(c2ncnc3cc(Cl)ccc23)CC1. The molecule has 1 aliphatic heterocycles. The van der Waals surface area contributed by atoms with Crippen LogP contribution in [0.4, 0.5) is 5.82 Å². The average Bonchev–Trinajstić information content (AvgIpc) is 2.79. The molecular weight excluding hydrogens is 300 g/mol. The number of anilines is 1. The minimum atomic E-state index is 0.223. The van der Waals surface area contributed by atoms with Crippen molar-refractivity contribution in [3.8, 4) is 0 Å². The van der Waals surface area contributed by atoms with Crippen LogP contribution in [0.15, 0.2) is 24.5 Å². The number of fused-ring (bicyclic) bond motifs is 1. The number of hydrogen-bond acceptors (Lipinski definition) is 4. The van der Waals surface area contributed by atoms with Crippen molar-refractivity contribution in [2.24, 2.45) is 0 Å². The maximum Gasteiger partial charge on any atom is 0.222 e. The Bertz CT molecular complexity index is 691. The Morgan fingerprint density at radius 3 is 2.91 bits per heavy atom. The van der Waals surface area contributed by atoms with E-state index in [4.69, 9.17) is 11.6 Å². The van der Waals surface area contributed by atoms with Gasteiger partial charge in [0.25, 0.3) is 0 Å². The number of halogens is 1. The van der Waals surface area contributed by atoms with Gasteiger partial charge >= 0.3 is 0 Å². The van der Waals surface area contributed by atoms with Crippen LogP contribution in [-0.2, 0) is 4.79 Å². The Morgan fingerprint density at radius 1 is 1.23 bits per heavy atom. The molecule has 0 N–H and O–H groups in total. The minimum absolute atomic E-state index is 0.223. The van der Waals surface area contributed by atoms with Crippen molar-refractivity contribution in [3.63, 3.8) is 0 Å². The Labute approximate surface area is 134 Å². The third kappa shape index (κ3) is 2.99. The van der Waals surface area contributed by atoms with Crippen LogP contribution in [0, 0.1) is 0 Å². The number of nitrogens with zero attached hydrogens (tertiary/aromatic N) is 4. The van der Waals surface area contributed by atoms with Crippen molar-refractivity contribution in [1.29, 1.82) is 0 Å². The molecule has 5 nitrogen and oxygen atoms in total. The molecule has 1 amide bonds. The Morgan fingerprint density at radius 2 is 2.09 bits per heavy atom. The summed E-state index contributed by atoms with van der Waals surface area (Å²) in [5, 5.41) is 1.68. The normalized spacial score (nSPS) is 15.9. The van der Waals surface area contributed by atoms with Crippen molar-refractivity contribution in [2.45, 2.75) is 19.8 Å². The molecule has 2 heterocycles. The molecule has 0 atom stereocenters. The van der Waals surface area contributed by atoms with Crippen LogP contribution in [0.2, 0.25) is 5.02 Å². The lowest BCUT2D eigenvalue weighted by atomic mass is 10.2. The maximum atomic E-state index is 11.9. The van der Waals surface area contributed by atoms with Crippen LogP contribution < -0.4 is 4.90 Å². The van der Waals surface area contributed by atoms with Gasteiger partial charge in [0.1, 0.15) is 12.1 Å². The summed E-state index contributed by atoms with van der Waals surface area (Å²) in [7, 11) is 0. The molecule has 1 aliphatic rings. The van der Waals surface area contributed by atoms with Crippen LogP contribution in [0.3, 0.4) is 0 Å². The van der Waals surface area contributed by atoms with Crippen molar-refractivity contribution < 1.29 is 4.79 Å². The summed E-state index contributed by atoms with van der Waals surface area (Å²) in [6, 6.07) is 5.68. The van der Waals surface area contributed by atoms with Gasteiger partial charge in [-0.25, -0.2) is 9.97 Å². The van der Waals surface area contributed by atoms with E-state index in [0.29, 0.717) is 11.4 Å². The molecule has 1 aromatic carbocycles. The quantitative estimate of drug-likeness (QED) is 0.854. The highest BCUT2D eigenvalue weighted by Gasteiger charge is 2.20. The molecule has 0 aliphatic carbocycles. The number of amides is 1. The number of carbonyl (C=O) groups excluding carboxylic acids is 1. The molecule has 0 saturated carbocycles. The third-order valence-corrected chi connectivity index (χ3v) is 4.26. The van der Waals surface area contributed by atoms with Gasteiger partial charge < -0.3 is 9.80 Å². The number of hydrogen-bond donors (Lipinski definition) is 0. The highest BCUT2D eigenvalue weighted by molar-refractivity contribution is 6.31. The predicted molar refractivity (Wildman–Crippen MR) is 88.2 cm³/mol. The van der Waals surface area contributed by atoms with Crippen LogP contribution in [0.1, 0.15) is 19.8 Å². The number of aromatic nitrogens is 2. The fourth-order valence-electron chi connectivity index (χ4n) is 2.87. The first-order chi connectivity index (χ1) is 10.7. The highest BCUT2D eigenvalue weighted by atomic mass is 35.5. The van der Waals surface area contributed by atoms with E-state index in [9.17, 15) is 4.79 Å². The van der Waals surface area contributed by atoms with Gasteiger partial charge in [-0.3, -0.25) is 4.79 Å². The summed E-state index contributed by atoms with van der Waals surface area (Å²) in [5.74, 6) is 1.15. The molecular formula is C16H19ClN4O. The number of rotatable bonds is 2. The van der Waals surface area contributed by atoms with Crippen LogP contribution >= 0.6 is 11.6 Å². The van der Waals surface area contributed by atoms with E-state index in [1.807, 2.05) is 30.0 Å². The van der Waals surface area contributed by atoms with Crippen molar-refractivity contribution in [1.82, 2.24) is 14.9 Å². The summed E-state index contributed by atoms with van der Waals surface area (Å²) in [5.41, 5.74) is 0.850. The molecule has 3 rings (SSSR count). The summed E-state index contributed by atoms with van der Waals surface area (Å²) in [4.78, 5) is 24.8. The van der Waals surface area contributed by atoms with E-state index in [2.05, 4.69) is 14.9 Å². The first-order valence-electron chi connectivity index (χ1n) is 7.62. The van der Waals surface area contributed by atoms with Crippen molar-refractivity contribution in [3.05, 3.63) is 29.5 Å². The largest absolute Gasteiger partial charge is 0.354 e. The van der Waals surface area contributed by atoms with E-state index < -0.39 is 0 Å². The lowest BCUT2D eigenvalue weighted by Gasteiger charge is -2.23. The standard InChI is InChI=1S/C16H19ClN4O/c1-2-15(22)20-6-3-7-21(9-8-20)16-13-5-4-12(17)10-14(13)18-11-19-16/h4-5,10-11H,2-3,6-9H2,1H3. The third-order valence-electron chi connectivity index (χ3n) is 4.03. The molecule has 1 saturated heterocycles. The molecule has 0 radical (unpaired) electrons. The Kier molecular flexibility index (Phi) is 4.43. The molecule has 1 aromatic heterocycles. The van der Waals surface area contributed by atoms with Gasteiger partial charge in [-0.05, 0) is 24.6 Å². The predicted octanol–water partition coefficient (Wildman–Crippen LogP) is 2.73. The monoisotopic (exact) mass is 318 g/mol. The zero-order valence-corrected chi connectivity index (χ0v) is 13.4. The second kappa shape index (κ2) is 6.48. The lowest BCUT2D eigenvalue weighted by molar-refractivity contribution is -0.130. The number of benzene rings is 1. The van der Waals surface area contributed by atoms with Gasteiger partial charge in [0, 0.05) is 43.0 Å². The number of carbonyl (C=O) groups is 1. The summed E-state index contributed by atoms with van der Waals surface area (Å²) in [6.45, 7) is 5.15. The molecule has 6 heteroatoms. The fraction of sp³-hybridized carbons (Fsp3) is 0.438. The minimum Gasteiger partial charge on any atom is -0.354 e. The van der Waals surface area contributed by atoms with Crippen molar-refractivity contribution >= 4 is 34.2 Å². The summed E-state index contributed by atoms with van der Waals surface area (Å²) >= 11 is 6.03. The van der Waals surface area contributed by atoms with E-state index in [1.165, 1.54) is 0 Å². The zero-order valence-electron chi connectivity index (χ0n) is 12.6. The van der Waals surface area contributed by atoms with Gasteiger partial charge in [-0.1, -0.05) is 18.5 Å². The molecule has 2 aromatic rings. The Hall–Kier alpha value is -1.88. The van der Waals surface area contributed by atoms with Crippen LogP contribution in [0.5, 0.6) is 0 Å². The van der Waals surface area contributed by atoms with Gasteiger partial charge in [-0.2, -0.15) is 0 Å². The van der Waals surface area contributed by atoms with E-state index >= 15 is 0 Å².